The van der Waals surface area contributed by atoms with Crippen molar-refractivity contribution in [1.82, 2.24) is 0 Å². The maximum absolute atomic E-state index is 12.2. The van der Waals surface area contributed by atoms with Crippen LogP contribution in [0.25, 0.3) is 0 Å². The van der Waals surface area contributed by atoms with Gasteiger partial charge >= 0.3 is 6.18 Å². The highest BCUT2D eigenvalue weighted by Crippen LogP contribution is 2.38. The topological polar surface area (TPSA) is 89.4 Å². The van der Waals surface area contributed by atoms with Crippen LogP contribution in [0.4, 0.5) is 18.9 Å². The smallest absolute Gasteiger partial charge is 0.390 e. The van der Waals surface area contributed by atoms with E-state index in [0.29, 0.717) is 0 Å². The summed E-state index contributed by atoms with van der Waals surface area (Å²) in [5, 5.41) is 20.1. The fourth-order valence-corrected chi connectivity index (χ4v) is 1.82. The summed E-state index contributed by atoms with van der Waals surface area (Å²) in [5.41, 5.74) is 4.52. The fourth-order valence-electron chi connectivity index (χ4n) is 1.35. The van der Waals surface area contributed by atoms with Gasteiger partial charge in [0.2, 0.25) is 0 Å². The minimum atomic E-state index is -4.52. The van der Waals surface area contributed by atoms with E-state index in [-0.39, 0.29) is 22.4 Å². The number of phenolic OH excluding ortho intramolecular Hbond substituents is 1. The molecule has 0 saturated heterocycles. The summed E-state index contributed by atoms with van der Waals surface area (Å²) in [6, 6.07) is 0.247. The highest BCUT2D eigenvalue weighted by molar-refractivity contribution is 9.10. The number of nitro benzene ring substituents is 1. The van der Waals surface area contributed by atoms with E-state index in [2.05, 4.69) is 15.9 Å². The van der Waals surface area contributed by atoms with Gasteiger partial charge in [0.15, 0.2) is 0 Å². The van der Waals surface area contributed by atoms with Crippen LogP contribution >= 0.6 is 28.3 Å². The molecule has 5 nitrogen and oxygen atoms in total. The molecule has 0 heterocycles. The van der Waals surface area contributed by atoms with Crippen molar-refractivity contribution in [2.24, 2.45) is 5.73 Å². The van der Waals surface area contributed by atoms with Gasteiger partial charge in [-0.3, -0.25) is 10.1 Å². The van der Waals surface area contributed by atoms with E-state index in [1.54, 1.807) is 0 Å². The average molecular weight is 366 g/mol. The van der Waals surface area contributed by atoms with Gasteiger partial charge in [-0.15, -0.1) is 12.4 Å². The Bertz CT molecular complexity index is 485. The van der Waals surface area contributed by atoms with E-state index in [4.69, 9.17) is 5.73 Å². The van der Waals surface area contributed by atoms with E-state index in [0.717, 1.165) is 12.1 Å². The summed E-state index contributed by atoms with van der Waals surface area (Å²) >= 11 is 2.82. The van der Waals surface area contributed by atoms with Gasteiger partial charge in [-0.05, 0) is 15.9 Å². The largest absolute Gasteiger partial charge is 0.506 e. The van der Waals surface area contributed by atoms with Gasteiger partial charge in [0.05, 0.1) is 15.8 Å². The molecule has 0 aliphatic rings. The number of alkyl halides is 3. The Hall–Kier alpha value is -1.06. The van der Waals surface area contributed by atoms with Crippen molar-refractivity contribution in [1.29, 1.82) is 0 Å². The molecule has 19 heavy (non-hydrogen) atoms. The molecule has 0 fully saturated rings. The summed E-state index contributed by atoms with van der Waals surface area (Å²) in [6.07, 6.45) is -5.91. The van der Waals surface area contributed by atoms with Crippen LogP contribution in [0.3, 0.4) is 0 Å². The van der Waals surface area contributed by atoms with E-state index in [1.165, 1.54) is 0 Å². The number of hydrogen-bond donors (Lipinski definition) is 2. The van der Waals surface area contributed by atoms with Crippen LogP contribution in [0.1, 0.15) is 18.0 Å². The van der Waals surface area contributed by atoms with Crippen LogP contribution in [0.2, 0.25) is 0 Å². The first kappa shape index (κ1) is 17.9. The molecule has 1 atom stereocenters. The molecule has 0 spiro atoms. The van der Waals surface area contributed by atoms with Crippen molar-refractivity contribution < 1.29 is 23.2 Å². The van der Waals surface area contributed by atoms with Crippen LogP contribution in [0.5, 0.6) is 5.75 Å². The van der Waals surface area contributed by atoms with Crippen LogP contribution in [-0.4, -0.2) is 16.2 Å². The van der Waals surface area contributed by atoms with Crippen molar-refractivity contribution in [3.05, 3.63) is 32.3 Å². The Kier molecular flexibility index (Phi) is 6.04. The number of nitrogens with two attached hydrogens (primary N) is 1. The summed E-state index contributed by atoms with van der Waals surface area (Å²) in [5.74, 6) is -0.530. The number of nitro groups is 1. The van der Waals surface area contributed by atoms with Crippen molar-refractivity contribution in [3.63, 3.8) is 0 Å². The van der Waals surface area contributed by atoms with Crippen LogP contribution in [-0.2, 0) is 0 Å². The molecule has 1 rings (SSSR count). The number of nitrogens with zero attached hydrogens (tertiary/aromatic N) is 1. The highest BCUT2D eigenvalue weighted by Gasteiger charge is 2.33. The molecule has 0 unspecified atom stereocenters. The first-order chi connectivity index (χ1) is 8.11. The van der Waals surface area contributed by atoms with Crippen LogP contribution in [0, 0.1) is 10.1 Å². The maximum Gasteiger partial charge on any atom is 0.390 e. The summed E-state index contributed by atoms with van der Waals surface area (Å²) in [7, 11) is 0. The molecule has 0 aliphatic carbocycles. The second-order valence-electron chi connectivity index (χ2n) is 3.55. The quantitative estimate of drug-likeness (QED) is 0.634. The van der Waals surface area contributed by atoms with E-state index >= 15 is 0 Å². The zero-order valence-corrected chi connectivity index (χ0v) is 11.6. The second-order valence-corrected chi connectivity index (χ2v) is 4.40. The third-order valence-corrected chi connectivity index (χ3v) is 2.74. The lowest BCUT2D eigenvalue weighted by Crippen LogP contribution is -2.20. The van der Waals surface area contributed by atoms with Crippen molar-refractivity contribution in [2.75, 3.05) is 0 Å². The van der Waals surface area contributed by atoms with Crippen molar-refractivity contribution >= 4 is 34.0 Å². The number of non-ortho nitro benzene ring substituents is 1. The Morgan fingerprint density at radius 1 is 1.47 bits per heavy atom. The van der Waals surface area contributed by atoms with Gasteiger partial charge in [0, 0.05) is 23.7 Å². The van der Waals surface area contributed by atoms with E-state index in [1.807, 2.05) is 0 Å². The predicted molar refractivity (Wildman–Crippen MR) is 67.3 cm³/mol. The van der Waals surface area contributed by atoms with Crippen molar-refractivity contribution in [2.45, 2.75) is 18.6 Å². The minimum absolute atomic E-state index is 0. The summed E-state index contributed by atoms with van der Waals surface area (Å²) < 4.78 is 36.4. The monoisotopic (exact) mass is 364 g/mol. The number of aromatic hydroxyl groups is 1. The van der Waals surface area contributed by atoms with Crippen molar-refractivity contribution in [3.8, 4) is 5.75 Å². The molecular weight excluding hydrogens is 356 g/mol. The Balaban J connectivity index is 0.00000324. The van der Waals surface area contributed by atoms with E-state index < -0.39 is 35.0 Å². The zero-order chi connectivity index (χ0) is 14.1. The van der Waals surface area contributed by atoms with Gasteiger partial charge in [0.1, 0.15) is 5.75 Å². The van der Waals surface area contributed by atoms with Gasteiger partial charge in [-0.1, -0.05) is 0 Å². The molecule has 0 amide bonds. The molecule has 1 aromatic rings. The Morgan fingerprint density at radius 3 is 2.42 bits per heavy atom. The Labute approximate surface area is 120 Å². The molecule has 0 aliphatic heterocycles. The molecule has 108 valence electrons. The van der Waals surface area contributed by atoms with E-state index in [9.17, 15) is 28.4 Å². The normalized spacial score (nSPS) is 12.7. The van der Waals surface area contributed by atoms with Gasteiger partial charge in [0.25, 0.3) is 5.69 Å². The number of halogens is 5. The second kappa shape index (κ2) is 6.40. The first-order valence-electron chi connectivity index (χ1n) is 4.61. The van der Waals surface area contributed by atoms with Crippen LogP contribution < -0.4 is 5.73 Å². The molecule has 1 aromatic carbocycles. The molecule has 0 saturated carbocycles. The highest BCUT2D eigenvalue weighted by atomic mass is 79.9. The average Bonchev–Trinajstić information content (AvgIpc) is 2.18. The predicted octanol–water partition coefficient (Wildman–Crippen LogP) is 3.44. The lowest BCUT2D eigenvalue weighted by atomic mass is 10.0. The Morgan fingerprint density at radius 2 is 2.00 bits per heavy atom. The summed E-state index contributed by atoms with van der Waals surface area (Å²) in [4.78, 5) is 9.78. The standard InChI is InChI=1S/C9H8BrF3N2O3.ClH/c10-6-2-4(15(17)18)1-5(8(6)16)7(14)3-9(11,12)13;/h1-2,7,16H,3,14H2;1H/t7-;/m1./s1. The van der Waals surface area contributed by atoms with Crippen LogP contribution in [0.15, 0.2) is 16.6 Å². The first-order valence-corrected chi connectivity index (χ1v) is 5.40. The summed E-state index contributed by atoms with van der Waals surface area (Å²) in [6.45, 7) is 0. The molecule has 10 heteroatoms. The number of rotatable bonds is 3. The molecule has 0 bridgehead atoms. The lowest BCUT2D eigenvalue weighted by Gasteiger charge is -2.16. The molecule has 3 N–H and O–H groups in total. The fraction of sp³-hybridized carbons (Fsp3) is 0.333. The third kappa shape index (κ3) is 4.84. The molecule has 0 radical (unpaired) electrons. The zero-order valence-electron chi connectivity index (χ0n) is 9.15. The number of benzene rings is 1. The van der Waals surface area contributed by atoms with Gasteiger partial charge in [-0.25, -0.2) is 0 Å². The maximum atomic E-state index is 12.2. The lowest BCUT2D eigenvalue weighted by molar-refractivity contribution is -0.385. The third-order valence-electron chi connectivity index (χ3n) is 2.14. The number of hydrogen-bond acceptors (Lipinski definition) is 4. The molecule has 0 aromatic heterocycles. The number of phenols is 1. The minimum Gasteiger partial charge on any atom is -0.506 e. The SMILES string of the molecule is Cl.N[C@H](CC(F)(F)F)c1cc([N+](=O)[O-])cc(Br)c1O. The van der Waals surface area contributed by atoms with Gasteiger partial charge < -0.3 is 10.8 Å². The van der Waals surface area contributed by atoms with Gasteiger partial charge in [-0.2, -0.15) is 13.2 Å². The molecular formula is C9H9BrClF3N2O3.